The van der Waals surface area contributed by atoms with Gasteiger partial charge in [0.25, 0.3) is 0 Å². The van der Waals surface area contributed by atoms with E-state index in [9.17, 15) is 0 Å². The first-order valence-corrected chi connectivity index (χ1v) is 2.19. The molecule has 0 fully saturated rings. The molecule has 7 heavy (non-hydrogen) atoms. The van der Waals surface area contributed by atoms with Crippen LogP contribution in [0.4, 0.5) is 0 Å². The molecule has 0 heterocycles. The summed E-state index contributed by atoms with van der Waals surface area (Å²) in [5.41, 5.74) is 0. The molecular weight excluding hydrogens is 239 g/mol. The maximum Gasteiger partial charge on any atom is 2.00 e. The molecular formula is CoO4PRb. The zero-order valence-corrected chi connectivity index (χ0v) is 10.3. The van der Waals surface area contributed by atoms with Crippen molar-refractivity contribution in [2.24, 2.45) is 0 Å². The molecule has 39 valence electrons. The molecule has 0 amide bonds. The minimum absolute atomic E-state index is 0. The number of hydrogen-bond donors (Lipinski definition) is 0. The SMILES string of the molecule is O=P([O-])([O-])[O-].[Co+2].[Rb+]. The average Bonchev–Trinajstić information content (AvgIpc) is 0.722. The molecule has 0 aliphatic rings. The predicted octanol–water partition coefficient (Wildman–Crippen LogP) is -5.82. The second-order valence-corrected chi connectivity index (χ2v) is 1.34. The van der Waals surface area contributed by atoms with Crippen LogP contribution in [0, 0.1) is 0 Å². The van der Waals surface area contributed by atoms with Gasteiger partial charge in [-0.2, -0.15) is 7.82 Å². The summed E-state index contributed by atoms with van der Waals surface area (Å²) >= 11 is 0. The maximum absolute atomic E-state index is 8.55. The van der Waals surface area contributed by atoms with Crippen LogP contribution in [-0.2, 0) is 21.3 Å². The van der Waals surface area contributed by atoms with Crippen LogP contribution >= 0.6 is 7.82 Å². The van der Waals surface area contributed by atoms with Gasteiger partial charge in [0.15, 0.2) is 0 Å². The first-order valence-electron chi connectivity index (χ1n) is 0.730. The molecule has 0 aliphatic carbocycles. The summed E-state index contributed by atoms with van der Waals surface area (Å²) < 4.78 is 8.55. The van der Waals surface area contributed by atoms with E-state index in [1.807, 2.05) is 0 Å². The van der Waals surface area contributed by atoms with Crippen LogP contribution in [0.1, 0.15) is 0 Å². The molecule has 0 N–H and O–H groups in total. The van der Waals surface area contributed by atoms with Crippen molar-refractivity contribution in [2.45, 2.75) is 0 Å². The fraction of sp³-hybridized carbons (Fsp3) is 0. The first-order chi connectivity index (χ1) is 2.00. The summed E-state index contributed by atoms with van der Waals surface area (Å²) in [5, 5.41) is 0. The molecule has 0 aromatic carbocycles. The molecule has 0 saturated heterocycles. The number of hydrogen-bond acceptors (Lipinski definition) is 4. The minimum atomic E-state index is -5.39. The van der Waals surface area contributed by atoms with Gasteiger partial charge in [0.05, 0.1) is 0 Å². The van der Waals surface area contributed by atoms with Crippen molar-refractivity contribution in [1.82, 2.24) is 0 Å². The van der Waals surface area contributed by atoms with Crippen molar-refractivity contribution in [3.63, 3.8) is 0 Å². The van der Waals surface area contributed by atoms with Gasteiger partial charge in [-0.25, -0.2) is 0 Å². The van der Waals surface area contributed by atoms with E-state index < -0.39 is 7.82 Å². The Morgan fingerprint density at radius 3 is 1.14 bits per heavy atom. The quantitative estimate of drug-likeness (QED) is 0.394. The molecule has 0 atom stereocenters. The van der Waals surface area contributed by atoms with Gasteiger partial charge in [0, 0.05) is 0 Å². The van der Waals surface area contributed by atoms with Gasteiger partial charge in [0.2, 0.25) is 0 Å². The van der Waals surface area contributed by atoms with Crippen LogP contribution in [0.25, 0.3) is 0 Å². The molecule has 0 rings (SSSR count). The molecule has 0 unspecified atom stereocenters. The zero-order chi connectivity index (χ0) is 4.50. The van der Waals surface area contributed by atoms with Gasteiger partial charge in [-0.3, -0.25) is 0 Å². The normalized spacial score (nSPS) is 8.43. The molecule has 0 bridgehead atoms. The van der Waals surface area contributed by atoms with E-state index >= 15 is 0 Å². The Morgan fingerprint density at radius 2 is 1.14 bits per heavy atom. The smallest absolute Gasteiger partial charge is 0.822 e. The van der Waals surface area contributed by atoms with E-state index in [1.165, 1.54) is 0 Å². The maximum atomic E-state index is 8.55. The predicted molar refractivity (Wildman–Crippen MR) is 7.61 cm³/mol. The summed E-state index contributed by atoms with van der Waals surface area (Å²) in [4.78, 5) is 25.6. The standard InChI is InChI=1S/Co.H3O4P.Rb/c;1-5(2,3)4;/h;(H3,1,2,3,4);/q+2;;+1/p-3. The van der Waals surface area contributed by atoms with E-state index in [-0.39, 0.29) is 75.0 Å². The van der Waals surface area contributed by atoms with Crippen LogP contribution in [0.5, 0.6) is 0 Å². The van der Waals surface area contributed by atoms with Gasteiger partial charge >= 0.3 is 75.0 Å². The van der Waals surface area contributed by atoms with Gasteiger partial charge in [-0.1, -0.05) is 0 Å². The molecule has 1 radical (unpaired) electrons. The zero-order valence-electron chi connectivity index (χ0n) is 3.41. The molecule has 0 spiro atoms. The molecule has 0 aromatic heterocycles. The number of rotatable bonds is 0. The van der Waals surface area contributed by atoms with Crippen molar-refractivity contribution in [3.8, 4) is 0 Å². The van der Waals surface area contributed by atoms with Gasteiger partial charge in [-0.15, -0.1) is 0 Å². The van der Waals surface area contributed by atoms with Crippen LogP contribution in [0.2, 0.25) is 0 Å². The average molecular weight is 239 g/mol. The Morgan fingerprint density at radius 1 is 1.14 bits per heavy atom. The Hall–Kier alpha value is 2.42. The van der Waals surface area contributed by atoms with Gasteiger partial charge in [-0.05, 0) is 0 Å². The van der Waals surface area contributed by atoms with Crippen molar-refractivity contribution < 1.29 is 94.2 Å². The van der Waals surface area contributed by atoms with Gasteiger partial charge < -0.3 is 19.2 Å². The molecule has 7 heteroatoms. The summed E-state index contributed by atoms with van der Waals surface area (Å²) in [6.07, 6.45) is 0. The van der Waals surface area contributed by atoms with E-state index in [0.717, 1.165) is 0 Å². The topological polar surface area (TPSA) is 86.2 Å². The fourth-order valence-electron chi connectivity index (χ4n) is 0. The Kier molecular flexibility index (Phi) is 15.1. The van der Waals surface area contributed by atoms with Crippen molar-refractivity contribution in [2.75, 3.05) is 0 Å². The van der Waals surface area contributed by atoms with Crippen LogP contribution in [0.15, 0.2) is 0 Å². The van der Waals surface area contributed by atoms with Gasteiger partial charge in [0.1, 0.15) is 0 Å². The van der Waals surface area contributed by atoms with Crippen LogP contribution in [-0.4, -0.2) is 0 Å². The first kappa shape index (κ1) is 16.2. The Bertz CT molecular complexity index is 57.8. The Labute approximate surface area is 99.9 Å². The van der Waals surface area contributed by atoms with E-state index in [1.54, 1.807) is 0 Å². The van der Waals surface area contributed by atoms with Crippen molar-refractivity contribution >= 4 is 7.82 Å². The second-order valence-electron chi connectivity index (χ2n) is 0.447. The van der Waals surface area contributed by atoms with Crippen molar-refractivity contribution in [3.05, 3.63) is 0 Å². The third kappa shape index (κ3) is 59.2. The largest absolute Gasteiger partial charge is 2.00 e. The molecule has 4 nitrogen and oxygen atoms in total. The summed E-state index contributed by atoms with van der Waals surface area (Å²) in [5.74, 6) is 0. The fourth-order valence-corrected chi connectivity index (χ4v) is 0. The third-order valence-electron chi connectivity index (χ3n) is 0. The summed E-state index contributed by atoms with van der Waals surface area (Å²) in [6.45, 7) is 0. The van der Waals surface area contributed by atoms with Crippen LogP contribution in [0.3, 0.4) is 0 Å². The monoisotopic (exact) mass is 239 g/mol. The molecule has 0 aromatic rings. The molecule has 0 saturated carbocycles. The summed E-state index contributed by atoms with van der Waals surface area (Å²) in [6, 6.07) is 0. The third-order valence-corrected chi connectivity index (χ3v) is 0. The van der Waals surface area contributed by atoms with E-state index in [4.69, 9.17) is 19.2 Å². The minimum Gasteiger partial charge on any atom is -0.822 e. The van der Waals surface area contributed by atoms with E-state index in [2.05, 4.69) is 0 Å². The van der Waals surface area contributed by atoms with E-state index in [0.29, 0.717) is 0 Å². The second kappa shape index (κ2) is 6.54. The van der Waals surface area contributed by atoms with Crippen LogP contribution < -0.4 is 72.9 Å². The molecule has 0 aliphatic heterocycles. The van der Waals surface area contributed by atoms with Crippen molar-refractivity contribution in [1.29, 1.82) is 0 Å². The summed E-state index contributed by atoms with van der Waals surface area (Å²) in [7, 11) is -5.39. The number of phosphoric acid groups is 1. The Balaban J connectivity index is -0.0000000800.